The first-order valence-corrected chi connectivity index (χ1v) is 16.4. The van der Waals surface area contributed by atoms with Crippen molar-refractivity contribution in [3.63, 3.8) is 0 Å². The largest absolute Gasteiger partial charge is 0.467 e. The van der Waals surface area contributed by atoms with Crippen molar-refractivity contribution in [2.75, 3.05) is 38.5 Å². The molecule has 216 valence electrons. The summed E-state index contributed by atoms with van der Waals surface area (Å²) >= 11 is 1.53. The number of nitrogens with zero attached hydrogens (tertiary/aromatic N) is 3. The average molecular weight is 588 g/mol. The second kappa shape index (κ2) is 12.8. The smallest absolute Gasteiger partial charge is 0.415 e. The Balaban J connectivity index is 1.12. The first-order chi connectivity index (χ1) is 19.3. The van der Waals surface area contributed by atoms with Crippen LogP contribution in [0.25, 0.3) is 10.2 Å². The number of aliphatic hydroxyl groups is 1. The maximum absolute atomic E-state index is 12.6. The van der Waals surface area contributed by atoms with E-state index in [0.717, 1.165) is 28.6 Å². The molecule has 0 saturated carbocycles. The second-order valence-electron chi connectivity index (χ2n) is 10.6. The fraction of sp³-hybridized carbons (Fsp3) is 0.517. The van der Waals surface area contributed by atoms with Crippen molar-refractivity contribution in [2.24, 2.45) is 0 Å². The van der Waals surface area contributed by atoms with Gasteiger partial charge in [0.05, 0.1) is 16.0 Å². The van der Waals surface area contributed by atoms with Crippen LogP contribution in [0.4, 0.5) is 4.79 Å². The number of amides is 1. The molecule has 0 radical (unpaired) electrons. The van der Waals surface area contributed by atoms with Crippen LogP contribution in [-0.2, 0) is 10.0 Å². The number of hydrogen-bond acceptors (Lipinski definition) is 8. The van der Waals surface area contributed by atoms with E-state index < -0.39 is 10.0 Å². The third-order valence-electron chi connectivity index (χ3n) is 7.72. The highest BCUT2D eigenvalue weighted by Crippen LogP contribution is 2.35. The lowest BCUT2D eigenvalue weighted by atomic mass is 9.90. The molecule has 2 fully saturated rings. The van der Waals surface area contributed by atoms with E-state index >= 15 is 0 Å². The average Bonchev–Trinajstić information content (AvgIpc) is 3.36. The number of fused-ring (bicyclic) bond motifs is 1. The molecule has 0 aliphatic carbocycles. The fourth-order valence-electron chi connectivity index (χ4n) is 5.29. The van der Waals surface area contributed by atoms with Crippen molar-refractivity contribution >= 4 is 37.7 Å². The first kappa shape index (κ1) is 28.8. The number of benzene rings is 2. The molecule has 3 heterocycles. The number of hydrogen-bond donors (Lipinski definition) is 1. The van der Waals surface area contributed by atoms with Crippen LogP contribution in [0.5, 0.6) is 10.9 Å². The molecule has 0 spiro atoms. The van der Waals surface area contributed by atoms with E-state index in [2.05, 4.69) is 17.1 Å². The summed E-state index contributed by atoms with van der Waals surface area (Å²) in [5.41, 5.74) is 3.22. The molecule has 2 aliphatic rings. The van der Waals surface area contributed by atoms with E-state index in [1.165, 1.54) is 16.9 Å². The number of aryl methyl sites for hydroxylation is 1. The second-order valence-corrected chi connectivity index (χ2v) is 13.7. The first-order valence-electron chi connectivity index (χ1n) is 14.0. The number of carbonyl (C=O) groups excluding carboxylic acids is 1. The highest BCUT2D eigenvalue weighted by atomic mass is 32.2. The summed E-state index contributed by atoms with van der Waals surface area (Å²) in [4.78, 5) is 18.9. The zero-order valence-corrected chi connectivity index (χ0v) is 24.5. The van der Waals surface area contributed by atoms with Crippen molar-refractivity contribution in [3.05, 3.63) is 53.6 Å². The number of rotatable bonds is 9. The monoisotopic (exact) mass is 587 g/mol. The van der Waals surface area contributed by atoms with Gasteiger partial charge in [-0.3, -0.25) is 0 Å². The summed E-state index contributed by atoms with van der Waals surface area (Å²) in [6.07, 6.45) is 3.67. The minimum absolute atomic E-state index is 0.00730. The normalized spacial score (nSPS) is 17.8. The summed E-state index contributed by atoms with van der Waals surface area (Å²) in [6.45, 7) is 4.21. The fourth-order valence-corrected chi connectivity index (χ4v) is 7.81. The number of ether oxygens (including phenoxy) is 2. The summed E-state index contributed by atoms with van der Waals surface area (Å²) < 4.78 is 39.5. The summed E-state index contributed by atoms with van der Waals surface area (Å²) in [5.74, 6) is 0.959. The van der Waals surface area contributed by atoms with Gasteiger partial charge in [-0.2, -0.15) is 0 Å². The van der Waals surface area contributed by atoms with Crippen LogP contribution < -0.4 is 9.47 Å². The van der Waals surface area contributed by atoms with Gasteiger partial charge in [-0.25, -0.2) is 22.5 Å². The van der Waals surface area contributed by atoms with Crippen molar-refractivity contribution in [1.82, 2.24) is 14.2 Å². The predicted molar refractivity (Wildman–Crippen MR) is 156 cm³/mol. The Morgan fingerprint density at radius 3 is 2.45 bits per heavy atom. The van der Waals surface area contributed by atoms with Crippen LogP contribution in [-0.4, -0.2) is 78.4 Å². The van der Waals surface area contributed by atoms with Crippen molar-refractivity contribution in [2.45, 2.75) is 57.5 Å². The van der Waals surface area contributed by atoms with Gasteiger partial charge in [0, 0.05) is 45.6 Å². The minimum atomic E-state index is -3.26. The standard InChI is InChI=1S/C29H37N3O6S2/c1-21-4-7-24(8-5-21)38-29(34)31-14-12-25(13-15-31)37-28-30-26-9-6-23(20-27(26)39-28)22-10-16-32(17-11-22)40(35,36)19-3-2-18-33/h4-9,20,22,25,33H,2-3,10-19H2,1H3. The van der Waals surface area contributed by atoms with Crippen LogP contribution in [0, 0.1) is 6.92 Å². The molecule has 9 nitrogen and oxygen atoms in total. The van der Waals surface area contributed by atoms with E-state index in [1.807, 2.05) is 25.1 Å². The van der Waals surface area contributed by atoms with Crippen molar-refractivity contribution < 1.29 is 27.8 Å². The van der Waals surface area contributed by atoms with E-state index in [-0.39, 0.29) is 24.6 Å². The predicted octanol–water partition coefficient (Wildman–Crippen LogP) is 4.93. The van der Waals surface area contributed by atoms with E-state index in [4.69, 9.17) is 14.6 Å². The molecule has 5 rings (SSSR count). The van der Waals surface area contributed by atoms with Crippen LogP contribution in [0.1, 0.15) is 55.6 Å². The molecule has 0 unspecified atom stereocenters. The van der Waals surface area contributed by atoms with E-state index in [1.54, 1.807) is 21.3 Å². The number of piperidine rings is 2. The number of unbranched alkanes of at least 4 members (excludes halogenated alkanes) is 1. The number of carbonyl (C=O) groups is 1. The molecule has 0 bridgehead atoms. The maximum atomic E-state index is 12.6. The van der Waals surface area contributed by atoms with Gasteiger partial charge in [0.25, 0.3) is 5.19 Å². The molecule has 0 atom stereocenters. The minimum Gasteiger partial charge on any atom is -0.467 e. The zero-order chi connectivity index (χ0) is 28.1. The molecule has 1 amide bonds. The van der Waals surface area contributed by atoms with Gasteiger partial charge < -0.3 is 19.5 Å². The Bertz CT molecular complexity index is 1390. The Morgan fingerprint density at radius 1 is 1.02 bits per heavy atom. The van der Waals surface area contributed by atoms with Gasteiger partial charge >= 0.3 is 6.09 Å². The molecular weight excluding hydrogens is 550 g/mol. The van der Waals surface area contributed by atoms with Crippen LogP contribution >= 0.6 is 11.3 Å². The zero-order valence-electron chi connectivity index (χ0n) is 22.8. The molecular formula is C29H37N3O6S2. The Kier molecular flexibility index (Phi) is 9.24. The number of thiazole rings is 1. The molecule has 2 aromatic carbocycles. The Morgan fingerprint density at radius 2 is 1.75 bits per heavy atom. The lowest BCUT2D eigenvalue weighted by molar-refractivity contribution is 0.0930. The van der Waals surface area contributed by atoms with Crippen LogP contribution in [0.2, 0.25) is 0 Å². The third kappa shape index (κ3) is 7.12. The lowest BCUT2D eigenvalue weighted by Crippen LogP contribution is -2.43. The van der Waals surface area contributed by atoms with Crippen LogP contribution in [0.3, 0.4) is 0 Å². The van der Waals surface area contributed by atoms with Crippen LogP contribution in [0.15, 0.2) is 42.5 Å². The Hall–Kier alpha value is -2.73. The summed E-state index contributed by atoms with van der Waals surface area (Å²) in [5, 5.41) is 9.57. The van der Waals surface area contributed by atoms with E-state index in [0.29, 0.717) is 68.7 Å². The molecule has 2 aliphatic heterocycles. The molecule has 11 heteroatoms. The van der Waals surface area contributed by atoms with Crippen molar-refractivity contribution in [1.29, 1.82) is 0 Å². The van der Waals surface area contributed by atoms with E-state index in [9.17, 15) is 13.2 Å². The van der Waals surface area contributed by atoms with Gasteiger partial charge in [0.15, 0.2) is 0 Å². The van der Waals surface area contributed by atoms with Gasteiger partial charge in [0.1, 0.15) is 11.9 Å². The Labute approximate surface area is 239 Å². The van der Waals surface area contributed by atoms with Crippen molar-refractivity contribution in [3.8, 4) is 10.9 Å². The topological polar surface area (TPSA) is 109 Å². The molecule has 1 aromatic heterocycles. The van der Waals surface area contributed by atoms with Gasteiger partial charge in [-0.15, -0.1) is 0 Å². The SMILES string of the molecule is Cc1ccc(OC(=O)N2CCC(Oc3nc4ccc(C5CCN(S(=O)(=O)CCCCO)CC5)cc4s3)CC2)cc1. The molecule has 2 saturated heterocycles. The van der Waals surface area contributed by atoms with Gasteiger partial charge in [-0.05, 0) is 68.4 Å². The lowest BCUT2D eigenvalue weighted by Gasteiger charge is -2.31. The molecule has 40 heavy (non-hydrogen) atoms. The third-order valence-corrected chi connectivity index (χ3v) is 10.6. The summed E-state index contributed by atoms with van der Waals surface area (Å²) in [6, 6.07) is 13.7. The number of sulfonamides is 1. The molecule has 3 aromatic rings. The maximum Gasteiger partial charge on any atom is 0.415 e. The molecule has 1 N–H and O–H groups in total. The van der Waals surface area contributed by atoms with Gasteiger partial charge in [0.2, 0.25) is 10.0 Å². The highest BCUT2D eigenvalue weighted by molar-refractivity contribution is 7.89. The number of aliphatic hydroxyl groups excluding tert-OH is 1. The number of likely N-dealkylation sites (tertiary alicyclic amines) is 1. The quantitative estimate of drug-likeness (QED) is 0.354. The summed E-state index contributed by atoms with van der Waals surface area (Å²) in [7, 11) is -3.26. The number of aromatic nitrogens is 1. The highest BCUT2D eigenvalue weighted by Gasteiger charge is 2.29. The van der Waals surface area contributed by atoms with Gasteiger partial charge in [-0.1, -0.05) is 35.1 Å².